The molecule has 2 fully saturated rings. The molecular formula is C13H15ClFN. The lowest BCUT2D eigenvalue weighted by atomic mass is 9.86. The summed E-state index contributed by atoms with van der Waals surface area (Å²) in [6.45, 7) is 0. The predicted molar refractivity (Wildman–Crippen MR) is 63.3 cm³/mol. The van der Waals surface area contributed by atoms with E-state index in [9.17, 15) is 4.39 Å². The van der Waals surface area contributed by atoms with Crippen molar-refractivity contribution in [3.63, 3.8) is 0 Å². The summed E-state index contributed by atoms with van der Waals surface area (Å²) in [5.74, 6) is 0.231. The molecule has 16 heavy (non-hydrogen) atoms. The molecule has 0 aliphatic carbocycles. The monoisotopic (exact) mass is 239 g/mol. The van der Waals surface area contributed by atoms with E-state index in [-0.39, 0.29) is 5.82 Å². The fourth-order valence-corrected chi connectivity index (χ4v) is 3.30. The van der Waals surface area contributed by atoms with Crippen molar-refractivity contribution in [1.29, 1.82) is 0 Å². The molecule has 0 saturated carbocycles. The fraction of sp³-hybridized carbons (Fsp3) is 0.538. The SMILES string of the molecule is Fc1cc(Cl)ccc1C1CC2CCC(C1)N2. The van der Waals surface area contributed by atoms with Crippen LogP contribution >= 0.6 is 11.6 Å². The molecule has 1 aromatic carbocycles. The van der Waals surface area contributed by atoms with Crippen LogP contribution in [0.25, 0.3) is 0 Å². The third kappa shape index (κ3) is 1.85. The van der Waals surface area contributed by atoms with Gasteiger partial charge in [0.15, 0.2) is 0 Å². The van der Waals surface area contributed by atoms with Crippen molar-refractivity contribution in [2.24, 2.45) is 0 Å². The molecule has 3 heteroatoms. The predicted octanol–water partition coefficient (Wildman–Crippen LogP) is 3.48. The third-order valence-corrected chi connectivity index (χ3v) is 4.11. The summed E-state index contributed by atoms with van der Waals surface area (Å²) in [5, 5.41) is 4.06. The first-order valence-corrected chi connectivity index (χ1v) is 6.31. The van der Waals surface area contributed by atoms with Gasteiger partial charge in [0.1, 0.15) is 5.82 Å². The van der Waals surface area contributed by atoms with Crippen LogP contribution in [-0.4, -0.2) is 12.1 Å². The van der Waals surface area contributed by atoms with Crippen molar-refractivity contribution >= 4 is 11.6 Å². The number of piperidine rings is 1. The molecule has 0 radical (unpaired) electrons. The van der Waals surface area contributed by atoms with E-state index in [1.165, 1.54) is 18.9 Å². The Hall–Kier alpha value is -0.600. The van der Waals surface area contributed by atoms with Gasteiger partial charge >= 0.3 is 0 Å². The minimum Gasteiger partial charge on any atom is -0.311 e. The van der Waals surface area contributed by atoms with Crippen LogP contribution in [0.15, 0.2) is 18.2 Å². The number of halogens is 2. The van der Waals surface area contributed by atoms with Crippen LogP contribution in [0, 0.1) is 5.82 Å². The average Bonchev–Trinajstić information content (AvgIpc) is 2.58. The topological polar surface area (TPSA) is 12.0 Å². The zero-order valence-corrected chi connectivity index (χ0v) is 9.80. The molecule has 2 atom stereocenters. The molecule has 2 saturated heterocycles. The minimum absolute atomic E-state index is 0.140. The van der Waals surface area contributed by atoms with Gasteiger partial charge in [-0.2, -0.15) is 0 Å². The van der Waals surface area contributed by atoms with Gasteiger partial charge in [0.05, 0.1) is 0 Å². The van der Waals surface area contributed by atoms with Gasteiger partial charge in [-0.15, -0.1) is 0 Å². The highest BCUT2D eigenvalue weighted by Crippen LogP contribution is 2.38. The lowest BCUT2D eigenvalue weighted by molar-refractivity contribution is 0.356. The Morgan fingerprint density at radius 1 is 1.19 bits per heavy atom. The molecule has 2 aliphatic rings. The molecule has 2 aliphatic heterocycles. The lowest BCUT2D eigenvalue weighted by Crippen LogP contribution is -2.37. The third-order valence-electron chi connectivity index (χ3n) is 3.88. The summed E-state index contributed by atoms with van der Waals surface area (Å²) < 4.78 is 13.8. The molecule has 0 aromatic heterocycles. The highest BCUT2D eigenvalue weighted by molar-refractivity contribution is 6.30. The van der Waals surface area contributed by atoms with Crippen LogP contribution in [-0.2, 0) is 0 Å². The maximum atomic E-state index is 13.8. The zero-order valence-electron chi connectivity index (χ0n) is 9.05. The highest BCUT2D eigenvalue weighted by atomic mass is 35.5. The van der Waals surface area contributed by atoms with Crippen LogP contribution < -0.4 is 5.32 Å². The van der Waals surface area contributed by atoms with Gasteiger partial charge in [-0.25, -0.2) is 4.39 Å². The number of nitrogens with one attached hydrogen (secondary N) is 1. The van der Waals surface area contributed by atoms with E-state index in [0.29, 0.717) is 23.0 Å². The van der Waals surface area contributed by atoms with Crippen LogP contribution in [0.4, 0.5) is 4.39 Å². The number of rotatable bonds is 1. The van der Waals surface area contributed by atoms with E-state index in [0.717, 1.165) is 18.4 Å². The molecule has 0 spiro atoms. The van der Waals surface area contributed by atoms with Crippen molar-refractivity contribution in [3.05, 3.63) is 34.6 Å². The Bertz CT molecular complexity index is 395. The van der Waals surface area contributed by atoms with Gasteiger partial charge in [0.25, 0.3) is 0 Å². The molecule has 2 unspecified atom stereocenters. The highest BCUT2D eigenvalue weighted by Gasteiger charge is 2.34. The van der Waals surface area contributed by atoms with Gasteiger partial charge in [-0.1, -0.05) is 17.7 Å². The first-order valence-electron chi connectivity index (χ1n) is 5.93. The average molecular weight is 240 g/mol. The molecule has 1 nitrogen and oxygen atoms in total. The number of hydrogen-bond acceptors (Lipinski definition) is 1. The van der Waals surface area contributed by atoms with E-state index >= 15 is 0 Å². The summed E-state index contributed by atoms with van der Waals surface area (Å²) in [6.07, 6.45) is 4.62. The maximum absolute atomic E-state index is 13.8. The molecule has 2 heterocycles. The van der Waals surface area contributed by atoms with E-state index in [2.05, 4.69) is 5.32 Å². The standard InChI is InChI=1S/C13H15ClFN/c14-9-1-4-12(13(15)7-9)8-5-10-2-3-11(6-8)16-10/h1,4,7-8,10-11,16H,2-3,5-6H2. The first-order chi connectivity index (χ1) is 7.72. The Morgan fingerprint density at radius 3 is 2.50 bits per heavy atom. The van der Waals surface area contributed by atoms with Gasteiger partial charge < -0.3 is 5.32 Å². The fourth-order valence-electron chi connectivity index (χ4n) is 3.14. The van der Waals surface area contributed by atoms with Crippen molar-refractivity contribution in [2.45, 2.75) is 43.7 Å². The second-order valence-electron chi connectivity index (χ2n) is 4.97. The largest absolute Gasteiger partial charge is 0.311 e. The van der Waals surface area contributed by atoms with E-state index in [1.54, 1.807) is 6.07 Å². The number of fused-ring (bicyclic) bond motifs is 2. The molecule has 1 N–H and O–H groups in total. The Balaban J connectivity index is 1.87. The number of hydrogen-bond donors (Lipinski definition) is 1. The van der Waals surface area contributed by atoms with E-state index < -0.39 is 0 Å². The Kier molecular flexibility index (Phi) is 2.64. The Labute approximate surface area is 100.0 Å². The van der Waals surface area contributed by atoms with Crippen molar-refractivity contribution in [2.75, 3.05) is 0 Å². The second-order valence-corrected chi connectivity index (χ2v) is 5.41. The smallest absolute Gasteiger partial charge is 0.128 e. The van der Waals surface area contributed by atoms with Crippen LogP contribution in [0.3, 0.4) is 0 Å². The molecule has 86 valence electrons. The molecule has 2 bridgehead atoms. The quantitative estimate of drug-likeness (QED) is 0.791. The number of benzene rings is 1. The van der Waals surface area contributed by atoms with Gasteiger partial charge in [-0.05, 0) is 49.3 Å². The van der Waals surface area contributed by atoms with Crippen molar-refractivity contribution < 1.29 is 4.39 Å². The Morgan fingerprint density at radius 2 is 1.88 bits per heavy atom. The van der Waals surface area contributed by atoms with Crippen molar-refractivity contribution in [1.82, 2.24) is 5.32 Å². The van der Waals surface area contributed by atoms with Gasteiger partial charge in [0.2, 0.25) is 0 Å². The van der Waals surface area contributed by atoms with E-state index in [1.807, 2.05) is 6.07 Å². The molecule has 1 aromatic rings. The van der Waals surface area contributed by atoms with Gasteiger partial charge in [-0.3, -0.25) is 0 Å². The lowest BCUT2D eigenvalue weighted by Gasteiger charge is -2.29. The summed E-state index contributed by atoms with van der Waals surface area (Å²) in [7, 11) is 0. The van der Waals surface area contributed by atoms with Crippen LogP contribution in [0.1, 0.15) is 37.2 Å². The van der Waals surface area contributed by atoms with Crippen LogP contribution in [0.5, 0.6) is 0 Å². The summed E-state index contributed by atoms with van der Waals surface area (Å²) >= 11 is 5.77. The minimum atomic E-state index is -0.140. The summed E-state index contributed by atoms with van der Waals surface area (Å²) in [4.78, 5) is 0. The van der Waals surface area contributed by atoms with E-state index in [4.69, 9.17) is 11.6 Å². The summed E-state index contributed by atoms with van der Waals surface area (Å²) in [5.41, 5.74) is 0.850. The summed E-state index contributed by atoms with van der Waals surface area (Å²) in [6, 6.07) is 6.27. The molecule has 3 rings (SSSR count). The second kappa shape index (κ2) is 4.01. The van der Waals surface area contributed by atoms with Crippen LogP contribution in [0.2, 0.25) is 5.02 Å². The zero-order chi connectivity index (χ0) is 11.1. The van der Waals surface area contributed by atoms with Gasteiger partial charge in [0, 0.05) is 17.1 Å². The normalized spacial score (nSPS) is 33.0. The molecule has 0 amide bonds. The molecular weight excluding hydrogens is 225 g/mol. The first kappa shape index (κ1) is 10.5. The maximum Gasteiger partial charge on any atom is 0.128 e. The van der Waals surface area contributed by atoms with Crippen molar-refractivity contribution in [3.8, 4) is 0 Å².